The Bertz CT molecular complexity index is 925. The first-order chi connectivity index (χ1) is 13.8. The number of benzene rings is 1. The zero-order valence-corrected chi connectivity index (χ0v) is 16.9. The van der Waals surface area contributed by atoms with Crippen molar-refractivity contribution in [3.05, 3.63) is 46.8 Å². The van der Waals surface area contributed by atoms with E-state index in [4.69, 9.17) is 5.11 Å². The largest absolute Gasteiger partial charge is 0.481 e. The quantitative estimate of drug-likeness (QED) is 0.806. The molecular weight excluding hydrogens is 372 g/mol. The topological polar surface area (TPSA) is 105 Å². The van der Waals surface area contributed by atoms with Crippen LogP contribution < -0.4 is 5.32 Å². The van der Waals surface area contributed by atoms with Crippen LogP contribution in [0.15, 0.2) is 24.3 Å². The number of hydrogen-bond acceptors (Lipinski definition) is 4. The first-order valence-electron chi connectivity index (χ1n) is 9.79. The Morgan fingerprint density at radius 1 is 1.14 bits per heavy atom. The summed E-state index contributed by atoms with van der Waals surface area (Å²) < 4.78 is 1.79. The second kappa shape index (κ2) is 8.46. The number of likely N-dealkylation sites (tertiary alicyclic amines) is 1. The number of anilines is 1. The summed E-state index contributed by atoms with van der Waals surface area (Å²) in [5.41, 5.74) is 3.17. The van der Waals surface area contributed by atoms with E-state index in [1.165, 1.54) is 0 Å². The zero-order valence-electron chi connectivity index (χ0n) is 16.9. The summed E-state index contributed by atoms with van der Waals surface area (Å²) in [4.78, 5) is 38.0. The minimum absolute atomic E-state index is 0.123. The van der Waals surface area contributed by atoms with Crippen molar-refractivity contribution < 1.29 is 19.5 Å². The van der Waals surface area contributed by atoms with Gasteiger partial charge in [-0.1, -0.05) is 0 Å². The highest BCUT2D eigenvalue weighted by Gasteiger charge is 2.27. The highest BCUT2D eigenvalue weighted by atomic mass is 16.4. The van der Waals surface area contributed by atoms with E-state index in [0.717, 1.165) is 5.69 Å². The van der Waals surface area contributed by atoms with E-state index >= 15 is 0 Å². The minimum Gasteiger partial charge on any atom is -0.481 e. The molecule has 1 saturated heterocycles. The van der Waals surface area contributed by atoms with Gasteiger partial charge in [-0.05, 0) is 57.9 Å². The van der Waals surface area contributed by atoms with E-state index < -0.39 is 5.97 Å². The van der Waals surface area contributed by atoms with Gasteiger partial charge in [0.1, 0.15) is 0 Å². The van der Waals surface area contributed by atoms with Gasteiger partial charge in [-0.15, -0.1) is 0 Å². The molecule has 8 nitrogen and oxygen atoms in total. The van der Waals surface area contributed by atoms with E-state index in [0.29, 0.717) is 55.0 Å². The van der Waals surface area contributed by atoms with Gasteiger partial charge in [0.15, 0.2) is 0 Å². The normalized spacial score (nSPS) is 14.7. The van der Waals surface area contributed by atoms with Crippen LogP contribution in [0.25, 0.3) is 0 Å². The molecule has 2 heterocycles. The summed E-state index contributed by atoms with van der Waals surface area (Å²) in [5.74, 6) is -1.52. The van der Waals surface area contributed by atoms with Gasteiger partial charge >= 0.3 is 5.97 Å². The molecule has 2 N–H and O–H groups in total. The minimum atomic E-state index is -0.799. The molecule has 0 saturated carbocycles. The molecule has 3 rings (SSSR count). The average Bonchev–Trinajstić information content (AvgIpc) is 3.01. The fourth-order valence-corrected chi connectivity index (χ4v) is 3.74. The summed E-state index contributed by atoms with van der Waals surface area (Å²) in [6, 6.07) is 6.75. The molecule has 1 aliphatic heterocycles. The summed E-state index contributed by atoms with van der Waals surface area (Å²) in [5, 5.41) is 16.3. The van der Waals surface area contributed by atoms with Gasteiger partial charge in [-0.3, -0.25) is 19.1 Å². The number of aryl methyl sites for hydroxylation is 2. The number of carbonyl (C=O) groups excluding carboxylic acids is 2. The number of carbonyl (C=O) groups is 3. The van der Waals surface area contributed by atoms with Crippen molar-refractivity contribution in [3.63, 3.8) is 0 Å². The van der Waals surface area contributed by atoms with Crippen molar-refractivity contribution in [1.29, 1.82) is 0 Å². The van der Waals surface area contributed by atoms with Gasteiger partial charge in [0.2, 0.25) is 0 Å². The smallest absolute Gasteiger partial charge is 0.306 e. The number of aliphatic carboxylic acids is 1. The molecule has 29 heavy (non-hydrogen) atoms. The molecule has 1 aromatic carbocycles. The molecule has 0 radical (unpaired) electrons. The van der Waals surface area contributed by atoms with Gasteiger partial charge in [-0.2, -0.15) is 5.10 Å². The Morgan fingerprint density at radius 3 is 2.28 bits per heavy atom. The fourth-order valence-electron chi connectivity index (χ4n) is 3.74. The first kappa shape index (κ1) is 20.6. The second-order valence-electron chi connectivity index (χ2n) is 7.30. The molecule has 1 aromatic heterocycles. The molecule has 0 aliphatic carbocycles. The summed E-state index contributed by atoms with van der Waals surface area (Å²) in [6.07, 6.45) is 0.943. The molecule has 0 unspecified atom stereocenters. The third kappa shape index (κ3) is 4.31. The molecule has 2 aromatic rings. The number of carboxylic acids is 1. The van der Waals surface area contributed by atoms with Crippen LogP contribution in [-0.2, 0) is 11.3 Å². The Balaban J connectivity index is 1.65. The molecule has 0 bridgehead atoms. The lowest BCUT2D eigenvalue weighted by molar-refractivity contribution is -0.143. The summed E-state index contributed by atoms with van der Waals surface area (Å²) in [6.45, 7) is 7.22. The number of rotatable bonds is 5. The van der Waals surface area contributed by atoms with Crippen LogP contribution in [0.3, 0.4) is 0 Å². The number of nitrogens with one attached hydrogen (secondary N) is 1. The van der Waals surface area contributed by atoms with Gasteiger partial charge in [0.25, 0.3) is 11.8 Å². The number of amides is 2. The predicted octanol–water partition coefficient (Wildman–Crippen LogP) is 2.71. The number of nitrogens with zero attached hydrogens (tertiary/aromatic N) is 3. The SMILES string of the molecule is CCn1nc(C)c(C(=O)Nc2ccc(C(=O)N3CCC(C(=O)O)CC3)cc2)c1C. The number of aromatic nitrogens is 2. The van der Waals surface area contributed by atoms with Gasteiger partial charge in [0, 0.05) is 36.6 Å². The molecule has 8 heteroatoms. The van der Waals surface area contributed by atoms with Crippen LogP contribution in [0.1, 0.15) is 51.9 Å². The van der Waals surface area contributed by atoms with Crippen LogP contribution in [0.4, 0.5) is 5.69 Å². The zero-order chi connectivity index (χ0) is 21.1. The van der Waals surface area contributed by atoms with Gasteiger partial charge in [0.05, 0.1) is 17.2 Å². The van der Waals surface area contributed by atoms with Crippen LogP contribution >= 0.6 is 0 Å². The lowest BCUT2D eigenvalue weighted by atomic mass is 9.96. The average molecular weight is 398 g/mol. The van der Waals surface area contributed by atoms with Gasteiger partial charge < -0.3 is 15.3 Å². The monoisotopic (exact) mass is 398 g/mol. The maximum absolute atomic E-state index is 12.6. The lowest BCUT2D eigenvalue weighted by Crippen LogP contribution is -2.40. The molecule has 0 atom stereocenters. The van der Waals surface area contributed by atoms with Crippen LogP contribution in [0, 0.1) is 19.8 Å². The van der Waals surface area contributed by atoms with E-state index in [-0.39, 0.29) is 17.7 Å². The van der Waals surface area contributed by atoms with E-state index in [1.807, 2.05) is 20.8 Å². The van der Waals surface area contributed by atoms with Crippen molar-refractivity contribution in [3.8, 4) is 0 Å². The predicted molar refractivity (Wildman–Crippen MR) is 108 cm³/mol. The fraction of sp³-hybridized carbons (Fsp3) is 0.429. The summed E-state index contributed by atoms with van der Waals surface area (Å²) >= 11 is 0. The lowest BCUT2D eigenvalue weighted by Gasteiger charge is -2.30. The van der Waals surface area contributed by atoms with E-state index in [9.17, 15) is 14.4 Å². The Morgan fingerprint density at radius 2 is 1.76 bits per heavy atom. The molecular formula is C21H26N4O4. The molecule has 1 aliphatic rings. The molecule has 154 valence electrons. The van der Waals surface area contributed by atoms with Crippen molar-refractivity contribution >= 4 is 23.5 Å². The third-order valence-corrected chi connectivity index (χ3v) is 5.43. The number of hydrogen-bond donors (Lipinski definition) is 2. The number of piperidine rings is 1. The van der Waals surface area contributed by atoms with Crippen LogP contribution in [0.2, 0.25) is 0 Å². The van der Waals surface area contributed by atoms with Gasteiger partial charge in [-0.25, -0.2) is 0 Å². The maximum Gasteiger partial charge on any atom is 0.306 e. The Labute approximate surface area is 169 Å². The standard InChI is InChI=1S/C21H26N4O4/c1-4-25-14(3)18(13(2)23-25)19(26)22-17-7-5-15(6-8-17)20(27)24-11-9-16(10-12-24)21(28)29/h5-8,16H,4,9-12H2,1-3H3,(H,22,26)(H,28,29). The number of carboxylic acid groups (broad SMARTS) is 1. The van der Waals surface area contributed by atoms with Crippen molar-refractivity contribution in [2.45, 2.75) is 40.2 Å². The van der Waals surface area contributed by atoms with Crippen molar-refractivity contribution in [1.82, 2.24) is 14.7 Å². The molecule has 0 spiro atoms. The molecule has 1 fully saturated rings. The Hall–Kier alpha value is -3.16. The maximum atomic E-state index is 12.6. The second-order valence-corrected chi connectivity index (χ2v) is 7.30. The first-order valence-corrected chi connectivity index (χ1v) is 9.79. The Kier molecular flexibility index (Phi) is 6.00. The van der Waals surface area contributed by atoms with Crippen LogP contribution in [0.5, 0.6) is 0 Å². The van der Waals surface area contributed by atoms with E-state index in [2.05, 4.69) is 10.4 Å². The highest BCUT2D eigenvalue weighted by molar-refractivity contribution is 6.06. The third-order valence-electron chi connectivity index (χ3n) is 5.43. The summed E-state index contributed by atoms with van der Waals surface area (Å²) in [7, 11) is 0. The highest BCUT2D eigenvalue weighted by Crippen LogP contribution is 2.21. The van der Waals surface area contributed by atoms with E-state index in [1.54, 1.807) is 33.8 Å². The van der Waals surface area contributed by atoms with Crippen LogP contribution in [-0.4, -0.2) is 50.7 Å². The van der Waals surface area contributed by atoms with Crippen molar-refractivity contribution in [2.24, 2.45) is 5.92 Å². The molecule has 2 amide bonds. The van der Waals surface area contributed by atoms with Crippen molar-refractivity contribution in [2.75, 3.05) is 18.4 Å².